The lowest BCUT2D eigenvalue weighted by atomic mass is 10.1. The molecule has 0 unspecified atom stereocenters. The van der Waals surface area contributed by atoms with Crippen LogP contribution in [0, 0.1) is 13.8 Å². The third kappa shape index (κ3) is 5.57. The molecular formula is C19H24N2O4S. The highest BCUT2D eigenvalue weighted by Gasteiger charge is 2.13. The van der Waals surface area contributed by atoms with E-state index in [0.29, 0.717) is 24.4 Å². The fourth-order valence-corrected chi connectivity index (χ4v) is 3.47. The fraction of sp³-hybridized carbons (Fsp3) is 0.316. The molecule has 2 aromatic rings. The minimum Gasteiger partial charge on any atom is -0.483 e. The van der Waals surface area contributed by atoms with Gasteiger partial charge in [-0.3, -0.25) is 4.79 Å². The van der Waals surface area contributed by atoms with Gasteiger partial charge in [0.1, 0.15) is 5.75 Å². The maximum Gasteiger partial charge on any atom is 0.262 e. The number of carbonyl (C=O) groups is 1. The van der Waals surface area contributed by atoms with E-state index in [1.54, 1.807) is 12.1 Å². The molecule has 0 saturated heterocycles. The van der Waals surface area contributed by atoms with Crippen LogP contribution in [0.25, 0.3) is 0 Å². The summed E-state index contributed by atoms with van der Waals surface area (Å²) in [7, 11) is -3.51. The normalized spacial score (nSPS) is 11.2. The molecule has 0 aromatic heterocycles. The van der Waals surface area contributed by atoms with E-state index in [1.807, 2.05) is 39.0 Å². The monoisotopic (exact) mass is 376 g/mol. The van der Waals surface area contributed by atoms with Crippen LogP contribution in [0.4, 0.5) is 5.69 Å². The highest BCUT2D eigenvalue weighted by Crippen LogP contribution is 2.19. The van der Waals surface area contributed by atoms with E-state index >= 15 is 0 Å². The zero-order chi connectivity index (χ0) is 19.2. The molecule has 0 aliphatic rings. The molecule has 26 heavy (non-hydrogen) atoms. The largest absolute Gasteiger partial charge is 0.483 e. The number of aryl methyl sites for hydroxylation is 2. The van der Waals surface area contributed by atoms with Crippen LogP contribution in [-0.2, 0) is 14.8 Å². The van der Waals surface area contributed by atoms with Crippen molar-refractivity contribution in [2.75, 3.05) is 18.5 Å². The average molecular weight is 376 g/mol. The van der Waals surface area contributed by atoms with Gasteiger partial charge < -0.3 is 10.1 Å². The van der Waals surface area contributed by atoms with Crippen LogP contribution in [0.1, 0.15) is 24.5 Å². The van der Waals surface area contributed by atoms with Crippen molar-refractivity contribution < 1.29 is 17.9 Å². The van der Waals surface area contributed by atoms with E-state index < -0.39 is 10.0 Å². The van der Waals surface area contributed by atoms with E-state index in [0.717, 1.165) is 11.1 Å². The number of anilines is 1. The molecule has 0 spiro atoms. The molecule has 7 heteroatoms. The Morgan fingerprint density at radius 2 is 1.77 bits per heavy atom. The van der Waals surface area contributed by atoms with Gasteiger partial charge in [0.2, 0.25) is 10.0 Å². The average Bonchev–Trinajstić information content (AvgIpc) is 2.60. The Morgan fingerprint density at radius 3 is 2.38 bits per heavy atom. The highest BCUT2D eigenvalue weighted by molar-refractivity contribution is 7.89. The third-order valence-corrected chi connectivity index (χ3v) is 5.16. The van der Waals surface area contributed by atoms with Gasteiger partial charge in [0, 0.05) is 12.2 Å². The van der Waals surface area contributed by atoms with Gasteiger partial charge in [-0.2, -0.15) is 0 Å². The Labute approximate surface area is 154 Å². The van der Waals surface area contributed by atoms with Crippen molar-refractivity contribution in [1.82, 2.24) is 4.72 Å². The Morgan fingerprint density at radius 1 is 1.08 bits per heavy atom. The summed E-state index contributed by atoms with van der Waals surface area (Å²) in [6.07, 6.45) is 0.716. The molecule has 0 heterocycles. The van der Waals surface area contributed by atoms with Crippen molar-refractivity contribution in [2.45, 2.75) is 32.1 Å². The van der Waals surface area contributed by atoms with Gasteiger partial charge in [0.05, 0.1) is 4.90 Å². The molecule has 0 aliphatic heterocycles. The minimum atomic E-state index is -3.51. The second-order valence-corrected chi connectivity index (χ2v) is 7.79. The van der Waals surface area contributed by atoms with Crippen LogP contribution < -0.4 is 14.8 Å². The minimum absolute atomic E-state index is 0.123. The summed E-state index contributed by atoms with van der Waals surface area (Å²) in [5, 5.41) is 2.69. The smallest absolute Gasteiger partial charge is 0.262 e. The standard InChI is InChI=1S/C19H24N2O4S/c1-4-11-20-26(23,24)17-8-6-16(7-9-17)21-19(22)13-25-18-10-5-14(2)12-15(18)3/h5-10,12,20H,4,11,13H2,1-3H3,(H,21,22). The molecule has 0 radical (unpaired) electrons. The molecule has 6 nitrogen and oxygen atoms in total. The van der Waals surface area contributed by atoms with Crippen LogP contribution in [0.3, 0.4) is 0 Å². The Balaban J connectivity index is 1.93. The Hall–Kier alpha value is -2.38. The van der Waals surface area contributed by atoms with Crippen LogP contribution in [-0.4, -0.2) is 27.5 Å². The molecule has 0 saturated carbocycles. The Kier molecular flexibility index (Phi) is 6.76. The van der Waals surface area contributed by atoms with Gasteiger partial charge in [-0.25, -0.2) is 13.1 Å². The zero-order valence-electron chi connectivity index (χ0n) is 15.2. The lowest BCUT2D eigenvalue weighted by Gasteiger charge is -2.11. The first kappa shape index (κ1) is 19.9. The molecule has 140 valence electrons. The number of carbonyl (C=O) groups excluding carboxylic acids is 1. The summed E-state index contributed by atoms with van der Waals surface area (Å²) in [6, 6.07) is 11.8. The fourth-order valence-electron chi connectivity index (χ4n) is 2.34. The van der Waals surface area contributed by atoms with Crippen molar-refractivity contribution in [1.29, 1.82) is 0 Å². The maximum absolute atomic E-state index is 12.0. The van der Waals surface area contributed by atoms with E-state index in [-0.39, 0.29) is 17.4 Å². The molecular weight excluding hydrogens is 352 g/mol. The van der Waals surface area contributed by atoms with Crippen molar-refractivity contribution in [3.8, 4) is 5.75 Å². The van der Waals surface area contributed by atoms with Gasteiger partial charge in [-0.1, -0.05) is 24.6 Å². The number of amides is 1. The molecule has 2 rings (SSSR count). The van der Waals surface area contributed by atoms with Gasteiger partial charge in [-0.15, -0.1) is 0 Å². The number of ether oxygens (including phenoxy) is 1. The van der Waals surface area contributed by atoms with Crippen molar-refractivity contribution >= 4 is 21.6 Å². The van der Waals surface area contributed by atoms with Gasteiger partial charge in [0.15, 0.2) is 6.61 Å². The first-order valence-corrected chi connectivity index (χ1v) is 9.90. The van der Waals surface area contributed by atoms with Crippen LogP contribution in [0.5, 0.6) is 5.75 Å². The molecule has 2 N–H and O–H groups in total. The predicted molar refractivity (Wildman–Crippen MR) is 102 cm³/mol. The number of benzene rings is 2. The second-order valence-electron chi connectivity index (χ2n) is 6.03. The summed E-state index contributed by atoms with van der Waals surface area (Å²) >= 11 is 0. The van der Waals surface area contributed by atoms with Crippen molar-refractivity contribution in [3.05, 3.63) is 53.6 Å². The Bertz CT molecular complexity index is 862. The van der Waals surface area contributed by atoms with Gasteiger partial charge in [0.25, 0.3) is 5.91 Å². The SMILES string of the molecule is CCCNS(=O)(=O)c1ccc(NC(=O)COc2ccc(C)cc2C)cc1. The quantitative estimate of drug-likeness (QED) is 0.742. The molecule has 0 bridgehead atoms. The number of hydrogen-bond acceptors (Lipinski definition) is 4. The lowest BCUT2D eigenvalue weighted by molar-refractivity contribution is -0.118. The number of sulfonamides is 1. The topological polar surface area (TPSA) is 84.5 Å². The molecule has 0 aliphatic carbocycles. The van der Waals surface area contributed by atoms with Crippen molar-refractivity contribution in [3.63, 3.8) is 0 Å². The first-order valence-electron chi connectivity index (χ1n) is 8.41. The predicted octanol–water partition coefficient (Wildman–Crippen LogP) is 3.01. The molecule has 2 aromatic carbocycles. The van der Waals surface area contributed by atoms with Crippen LogP contribution in [0.2, 0.25) is 0 Å². The number of rotatable bonds is 8. The first-order chi connectivity index (χ1) is 12.3. The summed E-state index contributed by atoms with van der Waals surface area (Å²) in [6.45, 7) is 6.07. The van der Waals surface area contributed by atoms with E-state index in [1.165, 1.54) is 12.1 Å². The second kappa shape index (κ2) is 8.82. The van der Waals surface area contributed by atoms with Crippen LogP contribution in [0.15, 0.2) is 47.4 Å². The van der Waals surface area contributed by atoms with Crippen LogP contribution >= 0.6 is 0 Å². The summed E-state index contributed by atoms with van der Waals surface area (Å²) in [4.78, 5) is 12.2. The maximum atomic E-state index is 12.0. The van der Waals surface area contributed by atoms with Gasteiger partial charge in [-0.05, 0) is 56.2 Å². The number of hydrogen-bond donors (Lipinski definition) is 2. The number of nitrogens with one attached hydrogen (secondary N) is 2. The third-order valence-electron chi connectivity index (χ3n) is 3.68. The highest BCUT2D eigenvalue weighted by atomic mass is 32.2. The van der Waals surface area contributed by atoms with E-state index in [2.05, 4.69) is 10.0 Å². The molecule has 0 fully saturated rings. The summed E-state index contributed by atoms with van der Waals surface area (Å²) in [5.74, 6) is 0.346. The van der Waals surface area contributed by atoms with Gasteiger partial charge >= 0.3 is 0 Å². The molecule has 0 atom stereocenters. The van der Waals surface area contributed by atoms with Crippen molar-refractivity contribution in [2.24, 2.45) is 0 Å². The molecule has 1 amide bonds. The summed E-state index contributed by atoms with van der Waals surface area (Å²) in [5.41, 5.74) is 2.60. The lowest BCUT2D eigenvalue weighted by Crippen LogP contribution is -2.24. The van der Waals surface area contributed by atoms with E-state index in [9.17, 15) is 13.2 Å². The zero-order valence-corrected chi connectivity index (χ0v) is 16.0. The van der Waals surface area contributed by atoms with E-state index in [4.69, 9.17) is 4.74 Å². The summed E-state index contributed by atoms with van der Waals surface area (Å²) < 4.78 is 32.1.